The first-order valence-electron chi connectivity index (χ1n) is 3.64. The molecule has 0 unspecified atom stereocenters. The lowest BCUT2D eigenvalue weighted by Crippen LogP contribution is -1.74. The van der Waals surface area contributed by atoms with Gasteiger partial charge in [-0.1, -0.05) is 15.9 Å². The van der Waals surface area contributed by atoms with E-state index in [-0.39, 0.29) is 0 Å². The van der Waals surface area contributed by atoms with Crippen molar-refractivity contribution in [3.8, 4) is 0 Å². The van der Waals surface area contributed by atoms with Gasteiger partial charge in [-0.05, 0) is 68.8 Å². The van der Waals surface area contributed by atoms with Crippen LogP contribution in [0.15, 0.2) is 18.2 Å². The van der Waals surface area contributed by atoms with Crippen LogP contribution in [0.2, 0.25) is 0 Å². The summed E-state index contributed by atoms with van der Waals surface area (Å²) < 4.78 is 4.08. The molecule has 2 rings (SSSR count). The number of rotatable bonds is 1. The Morgan fingerprint density at radius 3 is 2.69 bits per heavy atom. The van der Waals surface area contributed by atoms with Crippen LogP contribution in [0, 0.1) is 7.14 Å². The van der Waals surface area contributed by atoms with E-state index in [1.807, 2.05) is 11.3 Å². The highest BCUT2D eigenvalue weighted by molar-refractivity contribution is 14.1. The van der Waals surface area contributed by atoms with Crippen LogP contribution in [0.1, 0.15) is 4.88 Å². The van der Waals surface area contributed by atoms with Gasteiger partial charge in [-0.15, -0.1) is 11.3 Å². The molecular formula is C9H5BrI2S. The van der Waals surface area contributed by atoms with Crippen molar-refractivity contribution in [1.82, 2.24) is 0 Å². The van der Waals surface area contributed by atoms with Gasteiger partial charge in [0.1, 0.15) is 0 Å². The molecule has 0 bridgehead atoms. The fourth-order valence-corrected chi connectivity index (χ4v) is 4.81. The van der Waals surface area contributed by atoms with E-state index >= 15 is 0 Å². The minimum Gasteiger partial charge on any atom is -0.138 e. The second-order valence-corrected chi connectivity index (χ2v) is 6.76. The maximum atomic E-state index is 3.48. The molecule has 0 amide bonds. The summed E-state index contributed by atoms with van der Waals surface area (Å²) in [6.07, 6.45) is 0. The van der Waals surface area contributed by atoms with Gasteiger partial charge in [-0.25, -0.2) is 0 Å². The van der Waals surface area contributed by atoms with Crippen LogP contribution in [0.25, 0.3) is 10.1 Å². The standard InChI is InChI=1S/C9H5BrI2S/c10-4-7-2-5-1-6(11)3-8(12)9(5)13-7/h1-3H,4H2. The van der Waals surface area contributed by atoms with Crippen LogP contribution in [0.4, 0.5) is 0 Å². The van der Waals surface area contributed by atoms with E-state index in [9.17, 15) is 0 Å². The van der Waals surface area contributed by atoms with Crippen molar-refractivity contribution in [2.24, 2.45) is 0 Å². The zero-order valence-corrected chi connectivity index (χ0v) is 13.2. The summed E-state index contributed by atoms with van der Waals surface area (Å²) in [6.45, 7) is 0. The molecule has 1 aromatic carbocycles. The average molecular weight is 479 g/mol. The molecule has 0 aliphatic heterocycles. The van der Waals surface area contributed by atoms with Crippen LogP contribution in [0.5, 0.6) is 0 Å². The lowest BCUT2D eigenvalue weighted by atomic mass is 10.2. The second kappa shape index (κ2) is 4.32. The minimum atomic E-state index is 0.957. The van der Waals surface area contributed by atoms with Crippen LogP contribution in [-0.2, 0) is 5.33 Å². The van der Waals surface area contributed by atoms with Crippen LogP contribution in [0.3, 0.4) is 0 Å². The Morgan fingerprint density at radius 2 is 2.00 bits per heavy atom. The summed E-state index contributed by atoms with van der Waals surface area (Å²) in [5.41, 5.74) is 0. The Hall–Kier alpha value is 1.12. The van der Waals surface area contributed by atoms with E-state index in [4.69, 9.17) is 0 Å². The number of alkyl halides is 1. The normalized spacial score (nSPS) is 11.0. The van der Waals surface area contributed by atoms with E-state index in [0.29, 0.717) is 0 Å². The van der Waals surface area contributed by atoms with Crippen molar-refractivity contribution in [3.05, 3.63) is 30.2 Å². The smallest absolute Gasteiger partial charge is 0.0480 e. The Kier molecular flexibility index (Phi) is 3.53. The molecule has 0 nitrogen and oxygen atoms in total. The Bertz CT molecular complexity index is 450. The molecule has 0 saturated carbocycles. The molecule has 0 spiro atoms. The second-order valence-electron chi connectivity index (χ2n) is 2.65. The van der Waals surface area contributed by atoms with Crippen LogP contribution in [-0.4, -0.2) is 0 Å². The quantitative estimate of drug-likeness (QED) is 0.399. The summed E-state index contributed by atoms with van der Waals surface area (Å²) in [5.74, 6) is 0. The highest BCUT2D eigenvalue weighted by Gasteiger charge is 2.05. The number of benzene rings is 1. The molecule has 0 aliphatic carbocycles. The van der Waals surface area contributed by atoms with Crippen molar-refractivity contribution in [2.75, 3.05) is 0 Å². The van der Waals surface area contributed by atoms with E-state index in [0.717, 1.165) is 5.33 Å². The number of halogens is 3. The maximum Gasteiger partial charge on any atom is 0.0480 e. The molecule has 1 heterocycles. The first-order chi connectivity index (χ1) is 6.20. The summed E-state index contributed by atoms with van der Waals surface area (Å²) in [7, 11) is 0. The number of thiophene rings is 1. The molecule has 0 fully saturated rings. The molecular weight excluding hydrogens is 474 g/mol. The summed E-state index contributed by atoms with van der Waals surface area (Å²) in [6, 6.07) is 6.72. The van der Waals surface area contributed by atoms with Gasteiger partial charge in [0, 0.05) is 22.0 Å². The molecule has 0 N–H and O–H groups in total. The predicted octanol–water partition coefficient (Wildman–Crippen LogP) is 5.01. The molecule has 13 heavy (non-hydrogen) atoms. The number of hydrogen-bond acceptors (Lipinski definition) is 1. The topological polar surface area (TPSA) is 0 Å². The zero-order chi connectivity index (χ0) is 9.42. The minimum absolute atomic E-state index is 0.957. The summed E-state index contributed by atoms with van der Waals surface area (Å²) in [4.78, 5) is 1.40. The van der Waals surface area contributed by atoms with Crippen molar-refractivity contribution in [2.45, 2.75) is 5.33 Å². The number of hydrogen-bond donors (Lipinski definition) is 0. The first-order valence-corrected chi connectivity index (χ1v) is 7.73. The third-order valence-electron chi connectivity index (χ3n) is 1.72. The molecule has 0 aliphatic rings. The molecule has 68 valence electrons. The van der Waals surface area contributed by atoms with Crippen LogP contribution >= 0.6 is 72.4 Å². The van der Waals surface area contributed by atoms with Crippen molar-refractivity contribution in [1.29, 1.82) is 0 Å². The van der Waals surface area contributed by atoms with Gasteiger partial charge in [-0.2, -0.15) is 0 Å². The van der Waals surface area contributed by atoms with Crippen LogP contribution < -0.4 is 0 Å². The molecule has 2 aromatic rings. The fourth-order valence-electron chi connectivity index (χ4n) is 1.20. The van der Waals surface area contributed by atoms with Gasteiger partial charge >= 0.3 is 0 Å². The van der Waals surface area contributed by atoms with E-state index in [2.05, 4.69) is 79.3 Å². The van der Waals surface area contributed by atoms with Gasteiger partial charge in [0.15, 0.2) is 0 Å². The van der Waals surface area contributed by atoms with Gasteiger partial charge in [0.05, 0.1) is 0 Å². The predicted molar refractivity (Wildman–Crippen MR) is 79.9 cm³/mol. The molecule has 0 radical (unpaired) electrons. The van der Waals surface area contributed by atoms with E-state index in [1.165, 1.54) is 22.1 Å². The highest BCUT2D eigenvalue weighted by atomic mass is 127. The van der Waals surface area contributed by atoms with E-state index in [1.54, 1.807) is 0 Å². The third-order valence-corrected chi connectivity index (χ3v) is 5.72. The van der Waals surface area contributed by atoms with Crippen molar-refractivity contribution >= 4 is 82.5 Å². The van der Waals surface area contributed by atoms with Gasteiger partial charge < -0.3 is 0 Å². The monoisotopic (exact) mass is 478 g/mol. The Labute approximate surface area is 117 Å². The van der Waals surface area contributed by atoms with Gasteiger partial charge in [-0.3, -0.25) is 0 Å². The average Bonchev–Trinajstić information content (AvgIpc) is 2.47. The van der Waals surface area contributed by atoms with Gasteiger partial charge in [0.25, 0.3) is 0 Å². The SMILES string of the molecule is BrCc1cc2cc(I)cc(I)c2s1. The van der Waals surface area contributed by atoms with Crippen molar-refractivity contribution < 1.29 is 0 Å². The largest absolute Gasteiger partial charge is 0.138 e. The van der Waals surface area contributed by atoms with Crippen molar-refractivity contribution in [3.63, 3.8) is 0 Å². The fraction of sp³-hybridized carbons (Fsp3) is 0.111. The first kappa shape index (κ1) is 10.6. The Morgan fingerprint density at radius 1 is 1.23 bits per heavy atom. The lowest BCUT2D eigenvalue weighted by Gasteiger charge is -1.94. The molecule has 4 heteroatoms. The summed E-state index contributed by atoms with van der Waals surface area (Å²) >= 11 is 10.1. The lowest BCUT2D eigenvalue weighted by molar-refractivity contribution is 1.59. The summed E-state index contributed by atoms with van der Waals surface area (Å²) in [5, 5.41) is 2.33. The maximum absolute atomic E-state index is 3.48. The molecule has 0 atom stereocenters. The Balaban J connectivity index is 2.75. The van der Waals surface area contributed by atoms with Gasteiger partial charge in [0.2, 0.25) is 0 Å². The molecule has 0 saturated heterocycles. The zero-order valence-electron chi connectivity index (χ0n) is 6.48. The third kappa shape index (κ3) is 2.21. The molecule has 1 aromatic heterocycles. The number of fused-ring (bicyclic) bond motifs is 1. The van der Waals surface area contributed by atoms with E-state index < -0.39 is 0 Å². The highest BCUT2D eigenvalue weighted by Crippen LogP contribution is 2.32.